The summed E-state index contributed by atoms with van der Waals surface area (Å²) in [5.74, 6) is -0.529. The molecular weight excluding hydrogens is 385 g/mol. The van der Waals surface area contributed by atoms with Crippen LogP contribution in [0.25, 0.3) is 0 Å². The van der Waals surface area contributed by atoms with E-state index in [9.17, 15) is 12.8 Å². The molecule has 112 valence electrons. The van der Waals surface area contributed by atoms with Crippen molar-refractivity contribution in [1.29, 1.82) is 0 Å². The van der Waals surface area contributed by atoms with Gasteiger partial charge in [0.15, 0.2) is 0 Å². The summed E-state index contributed by atoms with van der Waals surface area (Å²) in [6, 6.07) is 5.04. The Morgan fingerprint density at radius 1 is 1.33 bits per heavy atom. The highest BCUT2D eigenvalue weighted by Gasteiger charge is 2.20. The molecule has 2 rings (SSSR count). The summed E-state index contributed by atoms with van der Waals surface area (Å²) in [7, 11) is -2.37. The van der Waals surface area contributed by atoms with Crippen LogP contribution in [-0.4, -0.2) is 20.4 Å². The van der Waals surface area contributed by atoms with Gasteiger partial charge in [0.25, 0.3) is 10.0 Å². The number of hydrogen-bond donors (Lipinski definition) is 2. The second-order valence-corrected chi connectivity index (χ2v) is 6.96. The minimum atomic E-state index is -3.92. The minimum absolute atomic E-state index is 0.0604. The van der Waals surface area contributed by atoms with Crippen molar-refractivity contribution in [3.05, 3.63) is 45.8 Å². The first kappa shape index (κ1) is 16.0. The molecule has 0 spiro atoms. The number of benzene rings is 1. The van der Waals surface area contributed by atoms with E-state index in [0.717, 1.165) is 6.07 Å². The fourth-order valence-electron chi connectivity index (χ4n) is 1.58. The summed E-state index contributed by atoms with van der Waals surface area (Å²) in [6.07, 6.45) is 1.47. The number of sulfonamides is 1. The maximum absolute atomic E-state index is 13.4. The van der Waals surface area contributed by atoms with Crippen LogP contribution in [0.5, 0.6) is 0 Å². The van der Waals surface area contributed by atoms with Crippen molar-refractivity contribution >= 4 is 49.1 Å². The van der Waals surface area contributed by atoms with Crippen LogP contribution in [0.15, 0.2) is 39.8 Å². The Bertz CT molecular complexity index is 786. The molecule has 0 saturated heterocycles. The molecule has 0 aliphatic rings. The number of nitrogens with one attached hydrogen (secondary N) is 2. The fraction of sp³-hybridized carbons (Fsp3) is 0.0833. The third-order valence-corrected chi connectivity index (χ3v) is 4.65. The standard InChI is InChI=1S/C12H10BrClFN3O2S/c1-16-12-11(4-7(13)6-17-12)21(19,20)18-8-2-3-9(14)10(15)5-8/h2-6,18H,1H3,(H,16,17). The zero-order valence-electron chi connectivity index (χ0n) is 10.7. The average Bonchev–Trinajstić information content (AvgIpc) is 2.42. The van der Waals surface area contributed by atoms with Crippen LogP contribution in [0.2, 0.25) is 5.02 Å². The summed E-state index contributed by atoms with van der Waals surface area (Å²) in [5, 5.41) is 2.60. The van der Waals surface area contributed by atoms with Gasteiger partial charge in [0.05, 0.1) is 10.7 Å². The molecule has 1 aromatic carbocycles. The van der Waals surface area contributed by atoms with Gasteiger partial charge in [0.2, 0.25) is 0 Å². The summed E-state index contributed by atoms with van der Waals surface area (Å²) >= 11 is 8.72. The molecule has 0 saturated carbocycles. The maximum Gasteiger partial charge on any atom is 0.265 e. The molecule has 2 N–H and O–H groups in total. The quantitative estimate of drug-likeness (QED) is 0.833. The van der Waals surface area contributed by atoms with Gasteiger partial charge >= 0.3 is 0 Å². The van der Waals surface area contributed by atoms with Gasteiger partial charge in [-0.05, 0) is 40.2 Å². The predicted octanol–water partition coefficient (Wildman–Crippen LogP) is 3.48. The Labute approximate surface area is 134 Å². The van der Waals surface area contributed by atoms with E-state index in [1.807, 2.05) is 0 Å². The second-order valence-electron chi connectivity index (χ2n) is 3.98. The molecule has 0 atom stereocenters. The van der Waals surface area contributed by atoms with Crippen molar-refractivity contribution < 1.29 is 12.8 Å². The summed E-state index contributed by atoms with van der Waals surface area (Å²) in [5.41, 5.74) is 0.0685. The van der Waals surface area contributed by atoms with Gasteiger partial charge < -0.3 is 5.32 Å². The number of aromatic nitrogens is 1. The van der Waals surface area contributed by atoms with E-state index >= 15 is 0 Å². The normalized spacial score (nSPS) is 11.2. The average molecular weight is 395 g/mol. The first-order valence-electron chi connectivity index (χ1n) is 5.64. The van der Waals surface area contributed by atoms with Crippen molar-refractivity contribution in [2.75, 3.05) is 17.1 Å². The van der Waals surface area contributed by atoms with E-state index in [0.29, 0.717) is 4.47 Å². The maximum atomic E-state index is 13.4. The number of anilines is 2. The van der Waals surface area contributed by atoms with E-state index < -0.39 is 15.8 Å². The van der Waals surface area contributed by atoms with Gasteiger partial charge in [-0.15, -0.1) is 0 Å². The number of rotatable bonds is 4. The number of halogens is 3. The highest BCUT2D eigenvalue weighted by atomic mass is 79.9. The van der Waals surface area contributed by atoms with Crippen molar-refractivity contribution in [3.63, 3.8) is 0 Å². The van der Waals surface area contributed by atoms with Crippen LogP contribution in [0, 0.1) is 5.82 Å². The van der Waals surface area contributed by atoms with Crippen molar-refractivity contribution in [2.24, 2.45) is 0 Å². The minimum Gasteiger partial charge on any atom is -0.372 e. The van der Waals surface area contributed by atoms with Gasteiger partial charge in [-0.3, -0.25) is 4.72 Å². The molecule has 2 aromatic rings. The van der Waals surface area contributed by atoms with Crippen LogP contribution >= 0.6 is 27.5 Å². The topological polar surface area (TPSA) is 71.1 Å². The zero-order chi connectivity index (χ0) is 15.6. The van der Waals surface area contributed by atoms with Crippen LogP contribution < -0.4 is 10.0 Å². The smallest absolute Gasteiger partial charge is 0.265 e. The highest BCUT2D eigenvalue weighted by Crippen LogP contribution is 2.26. The molecule has 1 heterocycles. The molecule has 9 heteroatoms. The van der Waals surface area contributed by atoms with Crippen molar-refractivity contribution in [1.82, 2.24) is 4.98 Å². The monoisotopic (exact) mass is 393 g/mol. The number of pyridine rings is 1. The first-order chi connectivity index (χ1) is 9.83. The lowest BCUT2D eigenvalue weighted by Gasteiger charge is -2.12. The van der Waals surface area contributed by atoms with Gasteiger partial charge in [-0.2, -0.15) is 0 Å². The second kappa shape index (κ2) is 6.17. The summed E-state index contributed by atoms with van der Waals surface area (Å²) in [6.45, 7) is 0. The third-order valence-electron chi connectivity index (χ3n) is 2.52. The predicted molar refractivity (Wildman–Crippen MR) is 83.7 cm³/mol. The molecule has 0 radical (unpaired) electrons. The lowest BCUT2D eigenvalue weighted by atomic mass is 10.3. The largest absolute Gasteiger partial charge is 0.372 e. The third kappa shape index (κ3) is 3.63. The molecule has 5 nitrogen and oxygen atoms in total. The molecule has 1 aromatic heterocycles. The van der Waals surface area contributed by atoms with Crippen molar-refractivity contribution in [2.45, 2.75) is 4.90 Å². The van der Waals surface area contributed by atoms with Gasteiger partial charge in [0, 0.05) is 17.7 Å². The molecule has 21 heavy (non-hydrogen) atoms. The Morgan fingerprint density at radius 3 is 2.67 bits per heavy atom. The van der Waals surface area contributed by atoms with Crippen LogP contribution in [0.4, 0.5) is 15.9 Å². The van der Waals surface area contributed by atoms with Crippen LogP contribution in [0.1, 0.15) is 0 Å². The van der Waals surface area contributed by atoms with E-state index in [4.69, 9.17) is 11.6 Å². The van der Waals surface area contributed by atoms with E-state index in [-0.39, 0.29) is 21.4 Å². The van der Waals surface area contributed by atoms with Gasteiger partial charge in [-0.25, -0.2) is 17.8 Å². The van der Waals surface area contributed by atoms with Gasteiger partial charge in [-0.1, -0.05) is 11.6 Å². The van der Waals surface area contributed by atoms with Crippen molar-refractivity contribution in [3.8, 4) is 0 Å². The SMILES string of the molecule is CNc1ncc(Br)cc1S(=O)(=O)Nc1ccc(Cl)c(F)c1. The lowest BCUT2D eigenvalue weighted by Crippen LogP contribution is -2.15. The summed E-state index contributed by atoms with van der Waals surface area (Å²) in [4.78, 5) is 3.90. The highest BCUT2D eigenvalue weighted by molar-refractivity contribution is 9.10. The molecule has 0 amide bonds. The molecular formula is C12H10BrClFN3O2S. The lowest BCUT2D eigenvalue weighted by molar-refractivity contribution is 0.601. The fourth-order valence-corrected chi connectivity index (χ4v) is 3.42. The van der Waals surface area contributed by atoms with Crippen LogP contribution in [0.3, 0.4) is 0 Å². The van der Waals surface area contributed by atoms with E-state index in [2.05, 4.69) is 31.0 Å². The Balaban J connectivity index is 2.42. The molecule has 0 bridgehead atoms. The molecule has 0 aliphatic carbocycles. The Hall–Kier alpha value is -1.38. The number of nitrogens with zero attached hydrogens (tertiary/aromatic N) is 1. The Morgan fingerprint density at radius 2 is 2.05 bits per heavy atom. The number of hydrogen-bond acceptors (Lipinski definition) is 4. The first-order valence-corrected chi connectivity index (χ1v) is 8.30. The summed E-state index contributed by atoms with van der Waals surface area (Å²) < 4.78 is 40.9. The molecule has 0 unspecified atom stereocenters. The van der Waals surface area contributed by atoms with Gasteiger partial charge in [0.1, 0.15) is 16.5 Å². The molecule has 0 aliphatic heterocycles. The zero-order valence-corrected chi connectivity index (χ0v) is 13.9. The Kier molecular flexibility index (Phi) is 4.70. The van der Waals surface area contributed by atoms with E-state index in [1.54, 1.807) is 7.05 Å². The molecule has 0 fully saturated rings. The van der Waals surface area contributed by atoms with Crippen LogP contribution in [-0.2, 0) is 10.0 Å². The van der Waals surface area contributed by atoms with E-state index in [1.165, 1.54) is 24.4 Å².